The van der Waals surface area contributed by atoms with Crippen LogP contribution < -0.4 is 10.4 Å². The number of rotatable bonds is 4. The highest BCUT2D eigenvalue weighted by Gasteiger charge is 2.09. The number of carbonyl (C=O) groups is 1. The molecule has 0 bridgehead atoms. The monoisotopic (exact) mass is 310 g/mol. The number of carboxylic acid groups (broad SMARTS) is 1. The number of aromatic carboxylic acids is 1. The van der Waals surface area contributed by atoms with E-state index in [2.05, 4.69) is 0 Å². The van der Waals surface area contributed by atoms with Gasteiger partial charge in [-0.1, -0.05) is 6.07 Å². The third kappa shape index (κ3) is 2.74. The highest BCUT2D eigenvalue weighted by atomic mass is 16.5. The molecule has 23 heavy (non-hydrogen) atoms. The average Bonchev–Trinajstić information content (AvgIpc) is 2.96. The predicted molar refractivity (Wildman–Crippen MR) is 84.9 cm³/mol. The third-order valence-corrected chi connectivity index (χ3v) is 3.50. The fourth-order valence-electron chi connectivity index (χ4n) is 2.30. The van der Waals surface area contributed by atoms with E-state index in [4.69, 9.17) is 9.84 Å². The first kappa shape index (κ1) is 14.6. The Hall–Kier alpha value is -3.28. The van der Waals surface area contributed by atoms with Crippen LogP contribution in [0.15, 0.2) is 65.7 Å². The van der Waals surface area contributed by atoms with Gasteiger partial charge in [-0.15, -0.1) is 0 Å². The van der Waals surface area contributed by atoms with E-state index >= 15 is 0 Å². The van der Waals surface area contributed by atoms with E-state index in [9.17, 15) is 9.59 Å². The van der Waals surface area contributed by atoms with Crippen molar-refractivity contribution in [3.05, 3.63) is 77.0 Å². The van der Waals surface area contributed by atoms with E-state index in [1.807, 2.05) is 0 Å². The molecule has 6 heteroatoms. The molecule has 0 aliphatic carbocycles. The summed E-state index contributed by atoms with van der Waals surface area (Å²) in [6.07, 6.45) is 3.24. The molecule has 0 aliphatic heterocycles. The molecule has 0 radical (unpaired) electrons. The second-order valence-electron chi connectivity index (χ2n) is 4.87. The van der Waals surface area contributed by atoms with Crippen LogP contribution in [0.3, 0.4) is 0 Å². The van der Waals surface area contributed by atoms with Crippen LogP contribution in [0.25, 0.3) is 11.4 Å². The number of benzene rings is 2. The van der Waals surface area contributed by atoms with Gasteiger partial charge in [0.05, 0.1) is 24.0 Å². The lowest BCUT2D eigenvalue weighted by Gasteiger charge is -2.05. The van der Waals surface area contributed by atoms with Crippen molar-refractivity contribution in [3.63, 3.8) is 0 Å². The Morgan fingerprint density at radius 1 is 1.00 bits per heavy atom. The van der Waals surface area contributed by atoms with Crippen LogP contribution in [-0.2, 0) is 0 Å². The van der Waals surface area contributed by atoms with Crippen LogP contribution >= 0.6 is 0 Å². The second-order valence-corrected chi connectivity index (χ2v) is 4.87. The summed E-state index contributed by atoms with van der Waals surface area (Å²) in [6.45, 7) is 0. The minimum atomic E-state index is -1.03. The van der Waals surface area contributed by atoms with Gasteiger partial charge in [-0.25, -0.2) is 9.59 Å². The zero-order chi connectivity index (χ0) is 16.4. The number of imidazole rings is 1. The molecule has 1 heterocycles. The van der Waals surface area contributed by atoms with Crippen molar-refractivity contribution in [3.8, 4) is 17.1 Å². The Balaban J connectivity index is 2.03. The molecule has 0 fully saturated rings. The minimum Gasteiger partial charge on any atom is -0.497 e. The van der Waals surface area contributed by atoms with Gasteiger partial charge in [0.25, 0.3) is 0 Å². The first-order chi connectivity index (χ1) is 11.1. The lowest BCUT2D eigenvalue weighted by atomic mass is 10.2. The molecule has 0 unspecified atom stereocenters. The number of hydrogen-bond acceptors (Lipinski definition) is 3. The molecule has 2 aromatic carbocycles. The number of ether oxygens (including phenoxy) is 1. The van der Waals surface area contributed by atoms with Crippen molar-refractivity contribution in [1.29, 1.82) is 0 Å². The van der Waals surface area contributed by atoms with Gasteiger partial charge >= 0.3 is 11.7 Å². The summed E-state index contributed by atoms with van der Waals surface area (Å²) in [4.78, 5) is 23.6. The highest BCUT2D eigenvalue weighted by molar-refractivity contribution is 5.88. The van der Waals surface area contributed by atoms with Gasteiger partial charge in [0.15, 0.2) is 0 Å². The largest absolute Gasteiger partial charge is 0.497 e. The molecule has 6 nitrogen and oxygen atoms in total. The zero-order valence-corrected chi connectivity index (χ0v) is 12.3. The van der Waals surface area contributed by atoms with Gasteiger partial charge in [-0.3, -0.25) is 9.13 Å². The molecule has 0 amide bonds. The molecular weight excluding hydrogens is 296 g/mol. The van der Waals surface area contributed by atoms with Gasteiger partial charge in [0, 0.05) is 12.4 Å². The minimum absolute atomic E-state index is 0.131. The van der Waals surface area contributed by atoms with E-state index < -0.39 is 5.97 Å². The summed E-state index contributed by atoms with van der Waals surface area (Å²) in [7, 11) is 1.58. The van der Waals surface area contributed by atoms with Crippen LogP contribution in [0, 0.1) is 0 Å². The van der Waals surface area contributed by atoms with Crippen molar-refractivity contribution in [1.82, 2.24) is 9.13 Å². The summed E-state index contributed by atoms with van der Waals surface area (Å²) in [5.74, 6) is -0.329. The molecule has 1 N–H and O–H groups in total. The maximum absolute atomic E-state index is 12.6. The smallest absolute Gasteiger partial charge is 0.337 e. The van der Waals surface area contributed by atoms with Crippen molar-refractivity contribution >= 4 is 5.97 Å². The maximum atomic E-state index is 12.6. The van der Waals surface area contributed by atoms with E-state index in [1.165, 1.54) is 21.3 Å². The summed E-state index contributed by atoms with van der Waals surface area (Å²) in [6, 6.07) is 13.3. The SMILES string of the molecule is COc1ccc(-n2ccn(-c3cccc(C(=O)O)c3)c2=O)cc1. The van der Waals surface area contributed by atoms with Crippen molar-refractivity contribution in [2.45, 2.75) is 0 Å². The number of hydrogen-bond donors (Lipinski definition) is 1. The topological polar surface area (TPSA) is 73.5 Å². The van der Waals surface area contributed by atoms with Gasteiger partial charge in [-0.2, -0.15) is 0 Å². The molecule has 3 rings (SSSR count). The Bertz CT molecular complexity index is 907. The number of nitrogens with zero attached hydrogens (tertiary/aromatic N) is 2. The standard InChI is InChI=1S/C17H14N2O4/c1-23-15-7-5-13(6-8-15)18-9-10-19(17(18)22)14-4-2-3-12(11-14)16(20)21/h2-11H,1H3,(H,20,21). The summed E-state index contributed by atoms with van der Waals surface area (Å²) < 4.78 is 7.98. The van der Waals surface area contributed by atoms with Gasteiger partial charge in [0.1, 0.15) is 5.75 Å². The molecular formula is C17H14N2O4. The Morgan fingerprint density at radius 3 is 2.26 bits per heavy atom. The molecule has 0 saturated carbocycles. The zero-order valence-electron chi connectivity index (χ0n) is 12.3. The number of methoxy groups -OCH3 is 1. The van der Waals surface area contributed by atoms with Gasteiger partial charge in [-0.05, 0) is 42.5 Å². The molecule has 0 saturated heterocycles. The fraction of sp³-hybridized carbons (Fsp3) is 0.0588. The Kier molecular flexibility index (Phi) is 3.72. The Morgan fingerprint density at radius 2 is 1.65 bits per heavy atom. The van der Waals surface area contributed by atoms with Gasteiger partial charge in [0.2, 0.25) is 0 Å². The van der Waals surface area contributed by atoms with E-state index in [0.717, 1.165) is 0 Å². The third-order valence-electron chi connectivity index (χ3n) is 3.50. The first-order valence-corrected chi connectivity index (χ1v) is 6.88. The fourth-order valence-corrected chi connectivity index (χ4v) is 2.30. The molecule has 1 aromatic heterocycles. The molecule has 0 spiro atoms. The highest BCUT2D eigenvalue weighted by Crippen LogP contribution is 2.15. The molecule has 0 atom stereocenters. The predicted octanol–water partition coefficient (Wildman–Crippen LogP) is 2.33. The molecule has 3 aromatic rings. The van der Waals surface area contributed by atoms with Crippen LogP contribution in [0.1, 0.15) is 10.4 Å². The van der Waals surface area contributed by atoms with E-state index in [0.29, 0.717) is 17.1 Å². The number of aromatic nitrogens is 2. The lowest BCUT2D eigenvalue weighted by Crippen LogP contribution is -2.21. The quantitative estimate of drug-likeness (QED) is 0.802. The van der Waals surface area contributed by atoms with Crippen molar-refractivity contribution < 1.29 is 14.6 Å². The summed E-state index contributed by atoms with van der Waals surface area (Å²) >= 11 is 0. The lowest BCUT2D eigenvalue weighted by molar-refractivity contribution is 0.0697. The van der Waals surface area contributed by atoms with Crippen LogP contribution in [0.5, 0.6) is 5.75 Å². The molecule has 116 valence electrons. The number of carboxylic acids is 1. The van der Waals surface area contributed by atoms with Crippen LogP contribution in [0.2, 0.25) is 0 Å². The maximum Gasteiger partial charge on any atom is 0.337 e. The summed E-state index contributed by atoms with van der Waals surface area (Å²) in [5.41, 5.74) is 1.05. The molecule has 0 aliphatic rings. The first-order valence-electron chi connectivity index (χ1n) is 6.88. The second kappa shape index (κ2) is 5.84. The van der Waals surface area contributed by atoms with Crippen molar-refractivity contribution in [2.75, 3.05) is 7.11 Å². The van der Waals surface area contributed by atoms with Crippen molar-refractivity contribution in [2.24, 2.45) is 0 Å². The Labute approximate surface area is 131 Å². The van der Waals surface area contributed by atoms with E-state index in [1.54, 1.807) is 55.9 Å². The normalized spacial score (nSPS) is 10.5. The summed E-state index contributed by atoms with van der Waals surface area (Å²) in [5, 5.41) is 9.05. The van der Waals surface area contributed by atoms with Gasteiger partial charge < -0.3 is 9.84 Å². The van der Waals surface area contributed by atoms with E-state index in [-0.39, 0.29) is 11.3 Å². The van der Waals surface area contributed by atoms with Crippen LogP contribution in [0.4, 0.5) is 0 Å². The average molecular weight is 310 g/mol. The van der Waals surface area contributed by atoms with Crippen LogP contribution in [-0.4, -0.2) is 27.3 Å².